The van der Waals surface area contributed by atoms with E-state index in [-0.39, 0.29) is 12.8 Å². The van der Waals surface area contributed by atoms with Crippen LogP contribution in [0.5, 0.6) is 0 Å². The first-order chi connectivity index (χ1) is 12.1. The minimum Gasteiger partial charge on any atom is -0.368 e. The van der Waals surface area contributed by atoms with Gasteiger partial charge in [0.15, 0.2) is 0 Å². The van der Waals surface area contributed by atoms with Crippen LogP contribution >= 0.6 is 0 Å². The third kappa shape index (κ3) is 5.61. The minimum atomic E-state index is -4.42. The Morgan fingerprint density at radius 3 is 2.27 bits per heavy atom. The number of carbonyl (C=O) groups is 2. The van der Waals surface area contributed by atoms with Crippen molar-refractivity contribution in [1.29, 1.82) is 0 Å². The third-order valence-corrected chi connectivity index (χ3v) is 3.85. The quantitative estimate of drug-likeness (QED) is 0.827. The Labute approximate surface area is 149 Å². The molecule has 26 heavy (non-hydrogen) atoms. The van der Waals surface area contributed by atoms with E-state index in [9.17, 15) is 22.8 Å². The highest BCUT2D eigenvalue weighted by atomic mass is 19.4. The molecule has 0 aliphatic rings. The van der Waals surface area contributed by atoms with Gasteiger partial charge in [0.25, 0.3) is 0 Å². The number of hydrogen-bond donors (Lipinski definition) is 2. The topological polar surface area (TPSA) is 72.2 Å². The Balaban J connectivity index is 2.00. The van der Waals surface area contributed by atoms with Crippen LogP contribution in [-0.2, 0) is 28.6 Å². The molecule has 0 saturated heterocycles. The molecule has 0 spiro atoms. The van der Waals surface area contributed by atoms with Gasteiger partial charge in [0, 0.05) is 6.42 Å². The van der Waals surface area contributed by atoms with Crippen LogP contribution in [0.2, 0.25) is 0 Å². The molecule has 0 radical (unpaired) electrons. The molecule has 0 aliphatic heterocycles. The van der Waals surface area contributed by atoms with Crippen LogP contribution in [0.15, 0.2) is 48.5 Å². The Hall–Kier alpha value is -2.83. The maximum Gasteiger partial charge on any atom is 0.416 e. The molecule has 0 aromatic heterocycles. The van der Waals surface area contributed by atoms with Gasteiger partial charge in [-0.25, -0.2) is 0 Å². The number of carbonyl (C=O) groups excluding carboxylic acids is 2. The summed E-state index contributed by atoms with van der Waals surface area (Å²) in [5.41, 5.74) is 6.85. The average Bonchev–Trinajstić information content (AvgIpc) is 2.53. The Morgan fingerprint density at radius 1 is 1.08 bits per heavy atom. The number of nitrogens with one attached hydrogen (secondary N) is 1. The van der Waals surface area contributed by atoms with Crippen LogP contribution in [-0.4, -0.2) is 17.9 Å². The summed E-state index contributed by atoms with van der Waals surface area (Å²) in [7, 11) is 0. The van der Waals surface area contributed by atoms with E-state index in [1.54, 1.807) is 0 Å². The highest BCUT2D eigenvalue weighted by molar-refractivity contribution is 5.87. The van der Waals surface area contributed by atoms with Crippen molar-refractivity contribution in [2.24, 2.45) is 5.73 Å². The fraction of sp³-hybridized carbons (Fsp3) is 0.263. The van der Waals surface area contributed by atoms with Crippen molar-refractivity contribution in [2.45, 2.75) is 32.0 Å². The van der Waals surface area contributed by atoms with E-state index < -0.39 is 29.6 Å². The number of amides is 2. The van der Waals surface area contributed by atoms with Crippen LogP contribution < -0.4 is 11.1 Å². The molecule has 0 heterocycles. The highest BCUT2D eigenvalue weighted by Gasteiger charge is 2.30. The smallest absolute Gasteiger partial charge is 0.368 e. The Morgan fingerprint density at radius 2 is 1.73 bits per heavy atom. The van der Waals surface area contributed by atoms with Gasteiger partial charge in [-0.05, 0) is 30.2 Å². The number of alkyl halides is 3. The van der Waals surface area contributed by atoms with Crippen molar-refractivity contribution >= 4 is 11.8 Å². The normalized spacial score (nSPS) is 12.5. The van der Waals surface area contributed by atoms with Gasteiger partial charge in [0.05, 0.1) is 12.0 Å². The van der Waals surface area contributed by atoms with Crippen LogP contribution in [0.4, 0.5) is 13.2 Å². The van der Waals surface area contributed by atoms with Gasteiger partial charge in [-0.15, -0.1) is 0 Å². The minimum absolute atomic E-state index is 0.143. The van der Waals surface area contributed by atoms with E-state index in [1.807, 2.05) is 31.2 Å². The van der Waals surface area contributed by atoms with Crippen LogP contribution in [0.1, 0.15) is 22.3 Å². The highest BCUT2D eigenvalue weighted by Crippen LogP contribution is 2.29. The lowest BCUT2D eigenvalue weighted by molar-refractivity contribution is -0.137. The first-order valence-corrected chi connectivity index (χ1v) is 7.95. The number of benzene rings is 2. The van der Waals surface area contributed by atoms with Gasteiger partial charge in [-0.1, -0.05) is 42.0 Å². The Kier molecular flexibility index (Phi) is 6.02. The number of primary amides is 1. The second kappa shape index (κ2) is 8.03. The third-order valence-electron chi connectivity index (χ3n) is 3.85. The molecule has 7 heteroatoms. The first kappa shape index (κ1) is 19.5. The number of rotatable bonds is 6. The molecule has 0 saturated carbocycles. The fourth-order valence-corrected chi connectivity index (χ4v) is 2.54. The lowest BCUT2D eigenvalue weighted by atomic mass is 10.0. The number of hydrogen-bond acceptors (Lipinski definition) is 2. The van der Waals surface area contributed by atoms with Gasteiger partial charge in [0.2, 0.25) is 11.8 Å². The van der Waals surface area contributed by atoms with Gasteiger partial charge >= 0.3 is 6.18 Å². The molecule has 0 aliphatic carbocycles. The summed E-state index contributed by atoms with van der Waals surface area (Å²) in [4.78, 5) is 23.7. The summed E-state index contributed by atoms with van der Waals surface area (Å²) in [6.45, 7) is 1.91. The number of nitrogens with two attached hydrogens (primary N) is 1. The predicted molar refractivity (Wildman–Crippen MR) is 91.2 cm³/mol. The maximum atomic E-state index is 12.5. The summed E-state index contributed by atoms with van der Waals surface area (Å²) < 4.78 is 37.6. The zero-order valence-electron chi connectivity index (χ0n) is 14.1. The Bertz CT molecular complexity index is 786. The SMILES string of the molecule is Cc1cccc(C[C@@H](NC(=O)Cc2ccc(C(F)(F)F)cc2)C(N)=O)c1. The molecule has 138 valence electrons. The molecule has 0 fully saturated rings. The van der Waals surface area contributed by atoms with Crippen LogP contribution in [0.3, 0.4) is 0 Å². The lowest BCUT2D eigenvalue weighted by Crippen LogP contribution is -2.46. The molecule has 2 amide bonds. The van der Waals surface area contributed by atoms with Crippen LogP contribution in [0, 0.1) is 6.92 Å². The van der Waals surface area contributed by atoms with E-state index in [0.29, 0.717) is 5.56 Å². The molecule has 2 rings (SSSR count). The predicted octanol–water partition coefficient (Wildman–Crippen LogP) is 2.77. The zero-order chi connectivity index (χ0) is 19.3. The van der Waals surface area contributed by atoms with E-state index >= 15 is 0 Å². The molecule has 2 aromatic rings. The van der Waals surface area contributed by atoms with Gasteiger partial charge in [-0.3, -0.25) is 9.59 Å². The van der Waals surface area contributed by atoms with Gasteiger partial charge < -0.3 is 11.1 Å². The number of aryl methyl sites for hydroxylation is 1. The molecule has 0 bridgehead atoms. The van der Waals surface area contributed by atoms with Crippen molar-refractivity contribution in [3.05, 3.63) is 70.8 Å². The lowest BCUT2D eigenvalue weighted by Gasteiger charge is -2.16. The second-order valence-electron chi connectivity index (χ2n) is 6.09. The summed E-state index contributed by atoms with van der Waals surface area (Å²) in [6.07, 6.45) is -4.32. The zero-order valence-corrected chi connectivity index (χ0v) is 14.1. The summed E-state index contributed by atoms with van der Waals surface area (Å²) in [6, 6.07) is 10.9. The summed E-state index contributed by atoms with van der Waals surface area (Å²) in [5, 5.41) is 2.54. The monoisotopic (exact) mass is 364 g/mol. The summed E-state index contributed by atoms with van der Waals surface area (Å²) in [5.74, 6) is -1.16. The van der Waals surface area contributed by atoms with Crippen molar-refractivity contribution < 1.29 is 22.8 Å². The number of halogens is 3. The first-order valence-electron chi connectivity index (χ1n) is 7.95. The molecule has 4 nitrogen and oxygen atoms in total. The van der Waals surface area contributed by atoms with Crippen molar-refractivity contribution in [2.75, 3.05) is 0 Å². The average molecular weight is 364 g/mol. The fourth-order valence-electron chi connectivity index (χ4n) is 2.54. The molecule has 3 N–H and O–H groups in total. The van der Waals surface area contributed by atoms with Gasteiger partial charge in [0.1, 0.15) is 6.04 Å². The molecule has 1 atom stereocenters. The standard InChI is InChI=1S/C19H19F3N2O2/c1-12-3-2-4-14(9-12)10-16(18(23)26)24-17(25)11-13-5-7-15(8-6-13)19(20,21)22/h2-9,16H,10-11H2,1H3,(H2,23,26)(H,24,25)/t16-/m1/s1. The summed E-state index contributed by atoms with van der Waals surface area (Å²) >= 11 is 0. The van der Waals surface area contributed by atoms with E-state index in [0.717, 1.165) is 23.3 Å². The molecular weight excluding hydrogens is 345 g/mol. The van der Waals surface area contributed by atoms with Gasteiger partial charge in [-0.2, -0.15) is 13.2 Å². The van der Waals surface area contributed by atoms with E-state index in [1.165, 1.54) is 12.1 Å². The van der Waals surface area contributed by atoms with E-state index in [4.69, 9.17) is 5.73 Å². The van der Waals surface area contributed by atoms with E-state index in [2.05, 4.69) is 5.32 Å². The largest absolute Gasteiger partial charge is 0.416 e. The van der Waals surface area contributed by atoms with Crippen molar-refractivity contribution in [3.63, 3.8) is 0 Å². The second-order valence-corrected chi connectivity index (χ2v) is 6.09. The molecular formula is C19H19F3N2O2. The maximum absolute atomic E-state index is 12.5. The molecule has 2 aromatic carbocycles. The van der Waals surface area contributed by atoms with Crippen molar-refractivity contribution in [3.8, 4) is 0 Å². The van der Waals surface area contributed by atoms with Crippen molar-refractivity contribution in [1.82, 2.24) is 5.32 Å². The molecule has 0 unspecified atom stereocenters. The van der Waals surface area contributed by atoms with Crippen LogP contribution in [0.25, 0.3) is 0 Å².